The Balaban J connectivity index is 1.81. The molecule has 4 aromatic rings. The van der Waals surface area contributed by atoms with Crippen LogP contribution in [0.25, 0.3) is 5.69 Å². The second kappa shape index (κ2) is 11.5. The Hall–Kier alpha value is -3.89. The molecule has 4 rings (SSSR count). The van der Waals surface area contributed by atoms with Crippen LogP contribution in [-0.2, 0) is 20.1 Å². The fourth-order valence-corrected chi connectivity index (χ4v) is 6.22. The van der Waals surface area contributed by atoms with Crippen LogP contribution in [0.3, 0.4) is 0 Å². The zero-order valence-electron chi connectivity index (χ0n) is 21.3. The standard InChI is InChI=1S/C24H22Cl2N6O7S2/c1-3-31(15-6-4-5-14(25)11-15)40(34,35)21-10-7-16(39-2)12-19(21)28-29-22-23(27)30-32(24(22)33)20-13-17(41(36,37)38)8-9-18(20)26/h4-13,33H,3H2,1-2H3,(H2,27,30)(H,36,37,38)/b29-28+. The number of nitrogen functional groups attached to an aromatic ring is 1. The number of halogens is 2. The van der Waals surface area contributed by atoms with Crippen LogP contribution in [-0.4, -0.2) is 49.9 Å². The van der Waals surface area contributed by atoms with Crippen molar-refractivity contribution >= 4 is 66.2 Å². The van der Waals surface area contributed by atoms with E-state index in [1.54, 1.807) is 25.1 Å². The maximum absolute atomic E-state index is 13.7. The lowest BCUT2D eigenvalue weighted by Gasteiger charge is -2.23. The highest BCUT2D eigenvalue weighted by molar-refractivity contribution is 7.93. The van der Waals surface area contributed by atoms with Gasteiger partial charge in [-0.2, -0.15) is 13.1 Å². The summed E-state index contributed by atoms with van der Waals surface area (Å²) in [6, 6.07) is 13.6. The van der Waals surface area contributed by atoms with Gasteiger partial charge in [-0.1, -0.05) is 29.3 Å². The summed E-state index contributed by atoms with van der Waals surface area (Å²) in [4.78, 5) is -0.752. The van der Waals surface area contributed by atoms with E-state index in [1.807, 2.05) is 0 Å². The highest BCUT2D eigenvalue weighted by atomic mass is 35.5. The van der Waals surface area contributed by atoms with Gasteiger partial charge in [0.2, 0.25) is 5.88 Å². The molecule has 1 heterocycles. The summed E-state index contributed by atoms with van der Waals surface area (Å²) in [5.41, 5.74) is 5.60. The molecule has 0 spiro atoms. The fraction of sp³-hybridized carbons (Fsp3) is 0.125. The largest absolute Gasteiger partial charge is 0.497 e. The van der Waals surface area contributed by atoms with Crippen LogP contribution in [0.15, 0.2) is 80.7 Å². The van der Waals surface area contributed by atoms with Crippen molar-refractivity contribution in [2.75, 3.05) is 23.7 Å². The SMILES string of the molecule is CCN(c1cccc(Cl)c1)S(=O)(=O)c1ccc(OC)cc1/N=N/c1c(N)nn(-c2cc(S(=O)(=O)O)ccc2Cl)c1O. The molecule has 4 N–H and O–H groups in total. The highest BCUT2D eigenvalue weighted by Crippen LogP contribution is 2.40. The first-order valence-corrected chi connectivity index (χ1v) is 15.1. The number of nitrogens with zero attached hydrogens (tertiary/aromatic N) is 5. The number of azo groups is 1. The van der Waals surface area contributed by atoms with Crippen LogP contribution >= 0.6 is 23.2 Å². The van der Waals surface area contributed by atoms with Crippen molar-refractivity contribution in [3.8, 4) is 17.3 Å². The molecule has 216 valence electrons. The number of ether oxygens (including phenoxy) is 1. The smallest absolute Gasteiger partial charge is 0.294 e. The molecule has 0 radical (unpaired) electrons. The van der Waals surface area contributed by atoms with Gasteiger partial charge < -0.3 is 15.6 Å². The predicted molar refractivity (Wildman–Crippen MR) is 153 cm³/mol. The Morgan fingerprint density at radius 3 is 2.41 bits per heavy atom. The van der Waals surface area contributed by atoms with E-state index in [-0.39, 0.29) is 45.1 Å². The number of benzene rings is 3. The van der Waals surface area contributed by atoms with E-state index in [0.29, 0.717) is 10.7 Å². The van der Waals surface area contributed by atoms with Crippen molar-refractivity contribution in [2.24, 2.45) is 10.2 Å². The lowest BCUT2D eigenvalue weighted by Crippen LogP contribution is -2.30. The van der Waals surface area contributed by atoms with Gasteiger partial charge >= 0.3 is 0 Å². The van der Waals surface area contributed by atoms with Crippen molar-refractivity contribution in [3.05, 3.63) is 70.7 Å². The zero-order valence-corrected chi connectivity index (χ0v) is 24.4. The maximum Gasteiger partial charge on any atom is 0.294 e. The van der Waals surface area contributed by atoms with Gasteiger partial charge in [-0.25, -0.2) is 8.42 Å². The number of sulfonamides is 1. The Morgan fingerprint density at radius 2 is 1.78 bits per heavy atom. The molecule has 0 amide bonds. The monoisotopic (exact) mass is 640 g/mol. The molecule has 0 unspecified atom stereocenters. The van der Waals surface area contributed by atoms with Crippen molar-refractivity contribution < 1.29 is 31.2 Å². The highest BCUT2D eigenvalue weighted by Gasteiger charge is 2.28. The molecular formula is C24H22Cl2N6O7S2. The van der Waals surface area contributed by atoms with Crippen LogP contribution in [0, 0.1) is 0 Å². The van der Waals surface area contributed by atoms with E-state index in [9.17, 15) is 26.5 Å². The van der Waals surface area contributed by atoms with Gasteiger partial charge in [-0.05, 0) is 55.5 Å². The summed E-state index contributed by atoms with van der Waals surface area (Å²) in [7, 11) is -7.43. The van der Waals surface area contributed by atoms with E-state index in [0.717, 1.165) is 21.1 Å². The van der Waals surface area contributed by atoms with Gasteiger partial charge in [0.1, 0.15) is 16.3 Å². The third-order valence-electron chi connectivity index (χ3n) is 5.68. The number of aromatic hydroxyl groups is 1. The molecule has 41 heavy (non-hydrogen) atoms. The summed E-state index contributed by atoms with van der Waals surface area (Å²) in [5, 5.41) is 23.0. The van der Waals surface area contributed by atoms with Gasteiger partial charge in [-0.15, -0.1) is 15.3 Å². The van der Waals surface area contributed by atoms with E-state index in [4.69, 9.17) is 33.7 Å². The topological polar surface area (TPSA) is 190 Å². The van der Waals surface area contributed by atoms with Crippen molar-refractivity contribution in [1.29, 1.82) is 0 Å². The number of hydrogen-bond donors (Lipinski definition) is 3. The molecule has 3 aromatic carbocycles. The van der Waals surface area contributed by atoms with Gasteiger partial charge in [-0.3, -0.25) is 8.86 Å². The van der Waals surface area contributed by atoms with E-state index < -0.39 is 30.9 Å². The maximum atomic E-state index is 13.7. The molecule has 0 aliphatic carbocycles. The van der Waals surface area contributed by atoms with Gasteiger partial charge in [0, 0.05) is 17.6 Å². The first-order valence-electron chi connectivity index (χ1n) is 11.5. The third-order valence-corrected chi connectivity index (χ3v) is 9.04. The van der Waals surface area contributed by atoms with Crippen LogP contribution in [0.5, 0.6) is 11.6 Å². The molecule has 0 fully saturated rings. The molecule has 13 nitrogen and oxygen atoms in total. The Morgan fingerprint density at radius 1 is 1.05 bits per heavy atom. The van der Waals surface area contributed by atoms with Crippen LogP contribution in [0.4, 0.5) is 22.9 Å². The molecule has 1 aromatic heterocycles. The summed E-state index contributed by atoms with van der Waals surface area (Å²) < 4.78 is 67.2. The Labute approximate surface area is 245 Å². The lowest BCUT2D eigenvalue weighted by molar-refractivity contribution is 0.414. The van der Waals surface area contributed by atoms with Crippen LogP contribution in [0.1, 0.15) is 6.92 Å². The average Bonchev–Trinajstić information content (AvgIpc) is 3.19. The molecule has 0 bridgehead atoms. The van der Waals surface area contributed by atoms with Crippen molar-refractivity contribution in [1.82, 2.24) is 9.78 Å². The fourth-order valence-electron chi connectivity index (χ4n) is 3.76. The van der Waals surface area contributed by atoms with Gasteiger partial charge in [0.25, 0.3) is 20.1 Å². The van der Waals surface area contributed by atoms with E-state index >= 15 is 0 Å². The first kappa shape index (κ1) is 30.1. The lowest BCUT2D eigenvalue weighted by atomic mass is 10.3. The molecule has 0 saturated heterocycles. The number of aromatic nitrogens is 2. The Bertz CT molecular complexity index is 1880. The van der Waals surface area contributed by atoms with Gasteiger partial charge in [0.05, 0.1) is 28.4 Å². The minimum Gasteiger partial charge on any atom is -0.497 e. The molecule has 0 aliphatic rings. The summed E-state index contributed by atoms with van der Waals surface area (Å²) >= 11 is 12.2. The predicted octanol–water partition coefficient (Wildman–Crippen LogP) is 5.35. The number of hydrogen-bond acceptors (Lipinski definition) is 10. The molecule has 0 atom stereocenters. The molecule has 17 heteroatoms. The first-order chi connectivity index (χ1) is 19.3. The van der Waals surface area contributed by atoms with Crippen LogP contribution in [0.2, 0.25) is 10.0 Å². The second-order valence-electron chi connectivity index (χ2n) is 8.24. The quantitative estimate of drug-likeness (QED) is 0.160. The number of rotatable bonds is 9. The van der Waals surface area contributed by atoms with Crippen molar-refractivity contribution in [3.63, 3.8) is 0 Å². The molecule has 0 aliphatic heterocycles. The normalized spacial score (nSPS) is 12.1. The third kappa shape index (κ3) is 6.08. The number of nitrogens with two attached hydrogens (primary N) is 1. The summed E-state index contributed by atoms with van der Waals surface area (Å²) in [6.45, 7) is 1.72. The van der Waals surface area contributed by atoms with Crippen molar-refractivity contribution in [2.45, 2.75) is 16.7 Å². The second-order valence-corrected chi connectivity index (χ2v) is 12.3. The number of anilines is 2. The van der Waals surface area contributed by atoms with E-state index in [1.165, 1.54) is 37.4 Å². The van der Waals surface area contributed by atoms with E-state index in [2.05, 4.69) is 15.3 Å². The van der Waals surface area contributed by atoms with Gasteiger partial charge in [0.15, 0.2) is 11.5 Å². The minimum absolute atomic E-state index is 0.0412. The molecule has 0 saturated carbocycles. The minimum atomic E-state index is -4.60. The zero-order chi connectivity index (χ0) is 30.1. The van der Waals surface area contributed by atoms with Crippen LogP contribution < -0.4 is 14.8 Å². The Kier molecular flexibility index (Phi) is 8.46. The summed E-state index contributed by atoms with van der Waals surface area (Å²) in [5.74, 6) is -0.770. The molecular weight excluding hydrogens is 619 g/mol. The number of methoxy groups -OCH3 is 1. The average molecular weight is 642 g/mol. The summed E-state index contributed by atoms with van der Waals surface area (Å²) in [6.07, 6.45) is 0.